The van der Waals surface area contributed by atoms with Crippen LogP contribution in [0.5, 0.6) is 0 Å². The number of nitrogens with zero attached hydrogens (tertiary/aromatic N) is 2. The van der Waals surface area contributed by atoms with E-state index in [1.807, 2.05) is 35.0 Å². The SMILES string of the molecule is Cc1c(-c2nc3c4ccccc4ccn3c2N)csc1Cl. The first-order chi connectivity index (χ1) is 10.2. The number of hydrogen-bond acceptors (Lipinski definition) is 3. The lowest BCUT2D eigenvalue weighted by Crippen LogP contribution is -1.94. The maximum absolute atomic E-state index is 6.30. The van der Waals surface area contributed by atoms with Crippen LogP contribution in [0.25, 0.3) is 27.7 Å². The third-order valence-corrected chi connectivity index (χ3v) is 5.20. The quantitative estimate of drug-likeness (QED) is 0.550. The number of fused-ring (bicyclic) bond motifs is 3. The van der Waals surface area contributed by atoms with Crippen LogP contribution in [0.4, 0.5) is 5.82 Å². The molecule has 0 unspecified atom stereocenters. The van der Waals surface area contributed by atoms with Crippen LogP contribution in [-0.4, -0.2) is 9.38 Å². The van der Waals surface area contributed by atoms with Gasteiger partial charge in [0.25, 0.3) is 0 Å². The number of hydrogen-bond donors (Lipinski definition) is 1. The van der Waals surface area contributed by atoms with Gasteiger partial charge in [0, 0.05) is 22.5 Å². The molecule has 104 valence electrons. The molecular weight excluding hydrogens is 302 g/mol. The molecule has 2 N–H and O–H groups in total. The van der Waals surface area contributed by atoms with Gasteiger partial charge in [-0.2, -0.15) is 0 Å². The Hall–Kier alpha value is -2.04. The molecule has 0 spiro atoms. The van der Waals surface area contributed by atoms with E-state index in [0.29, 0.717) is 5.82 Å². The topological polar surface area (TPSA) is 43.3 Å². The Morgan fingerprint density at radius 3 is 2.81 bits per heavy atom. The summed E-state index contributed by atoms with van der Waals surface area (Å²) in [6.07, 6.45) is 1.97. The van der Waals surface area contributed by atoms with E-state index in [1.54, 1.807) is 0 Å². The Balaban J connectivity index is 2.10. The van der Waals surface area contributed by atoms with E-state index in [0.717, 1.165) is 37.6 Å². The zero-order valence-corrected chi connectivity index (χ0v) is 12.9. The monoisotopic (exact) mass is 313 g/mol. The summed E-state index contributed by atoms with van der Waals surface area (Å²) in [6.45, 7) is 2.00. The summed E-state index contributed by atoms with van der Waals surface area (Å²) in [5.74, 6) is 0.647. The van der Waals surface area contributed by atoms with Crippen molar-refractivity contribution in [3.63, 3.8) is 0 Å². The summed E-state index contributed by atoms with van der Waals surface area (Å²) in [6, 6.07) is 10.2. The molecule has 0 bridgehead atoms. The van der Waals surface area contributed by atoms with Gasteiger partial charge in [-0.05, 0) is 23.9 Å². The van der Waals surface area contributed by atoms with Crippen LogP contribution in [-0.2, 0) is 0 Å². The number of pyridine rings is 1. The molecule has 5 heteroatoms. The highest BCUT2D eigenvalue weighted by Gasteiger charge is 2.17. The van der Waals surface area contributed by atoms with Crippen molar-refractivity contribution < 1.29 is 0 Å². The fourth-order valence-corrected chi connectivity index (χ4v) is 3.64. The predicted molar refractivity (Wildman–Crippen MR) is 90.2 cm³/mol. The molecule has 0 amide bonds. The van der Waals surface area contributed by atoms with E-state index in [1.165, 1.54) is 11.3 Å². The highest BCUT2D eigenvalue weighted by atomic mass is 35.5. The first-order valence-corrected chi connectivity index (χ1v) is 7.82. The number of nitrogen functional groups attached to an aromatic ring is 1. The van der Waals surface area contributed by atoms with E-state index in [2.05, 4.69) is 18.2 Å². The number of nitrogens with two attached hydrogens (primary N) is 1. The van der Waals surface area contributed by atoms with Crippen molar-refractivity contribution in [2.75, 3.05) is 5.73 Å². The van der Waals surface area contributed by atoms with Gasteiger partial charge in [-0.3, -0.25) is 4.40 Å². The molecule has 0 aliphatic rings. The Morgan fingerprint density at radius 1 is 1.24 bits per heavy atom. The Labute approximate surface area is 130 Å². The van der Waals surface area contributed by atoms with Crippen LogP contribution >= 0.6 is 22.9 Å². The fourth-order valence-electron chi connectivity index (χ4n) is 2.61. The predicted octanol–water partition coefficient (Wildman–Crippen LogP) is 4.76. The van der Waals surface area contributed by atoms with Crippen molar-refractivity contribution in [1.82, 2.24) is 9.38 Å². The van der Waals surface area contributed by atoms with Crippen LogP contribution in [0.1, 0.15) is 5.56 Å². The van der Waals surface area contributed by atoms with E-state index < -0.39 is 0 Å². The van der Waals surface area contributed by atoms with Gasteiger partial charge in [0.1, 0.15) is 17.2 Å². The zero-order chi connectivity index (χ0) is 14.6. The average molecular weight is 314 g/mol. The van der Waals surface area contributed by atoms with Crippen molar-refractivity contribution >= 4 is 45.2 Å². The minimum absolute atomic E-state index is 0.647. The van der Waals surface area contributed by atoms with Gasteiger partial charge >= 0.3 is 0 Å². The summed E-state index contributed by atoms with van der Waals surface area (Å²) in [5, 5.41) is 4.26. The minimum Gasteiger partial charge on any atom is -0.383 e. The second-order valence-corrected chi connectivity index (χ2v) is 6.47. The number of rotatable bonds is 1. The molecule has 4 rings (SSSR count). The standard InChI is InChI=1S/C16H12ClN3S/c1-9-12(8-21-14(9)17)13-15(18)20-7-6-10-4-2-3-5-11(10)16(20)19-13/h2-8H,18H2,1H3. The number of thiophene rings is 1. The van der Waals surface area contributed by atoms with Crippen LogP contribution < -0.4 is 5.73 Å². The van der Waals surface area contributed by atoms with E-state index in [4.69, 9.17) is 22.3 Å². The number of anilines is 1. The third-order valence-electron chi connectivity index (χ3n) is 3.79. The highest BCUT2D eigenvalue weighted by Crippen LogP contribution is 2.37. The largest absolute Gasteiger partial charge is 0.383 e. The summed E-state index contributed by atoms with van der Waals surface area (Å²) >= 11 is 7.68. The van der Waals surface area contributed by atoms with Crippen molar-refractivity contribution in [1.29, 1.82) is 0 Å². The number of halogens is 1. The van der Waals surface area contributed by atoms with Gasteiger partial charge in [0.15, 0.2) is 0 Å². The zero-order valence-electron chi connectivity index (χ0n) is 11.3. The molecular formula is C16H12ClN3S. The molecule has 21 heavy (non-hydrogen) atoms. The van der Waals surface area contributed by atoms with Crippen molar-refractivity contribution in [2.45, 2.75) is 6.92 Å². The molecule has 3 nitrogen and oxygen atoms in total. The lowest BCUT2D eigenvalue weighted by Gasteiger charge is -2.01. The van der Waals surface area contributed by atoms with Crippen molar-refractivity contribution in [3.8, 4) is 11.3 Å². The minimum atomic E-state index is 0.647. The molecule has 0 fully saturated rings. The molecule has 0 saturated heterocycles. The number of imidazole rings is 1. The van der Waals surface area contributed by atoms with Gasteiger partial charge in [0.2, 0.25) is 0 Å². The van der Waals surface area contributed by atoms with Gasteiger partial charge in [-0.1, -0.05) is 35.9 Å². The van der Waals surface area contributed by atoms with Crippen LogP contribution in [0.2, 0.25) is 4.34 Å². The van der Waals surface area contributed by atoms with Gasteiger partial charge < -0.3 is 5.73 Å². The summed E-state index contributed by atoms with van der Waals surface area (Å²) < 4.78 is 2.72. The number of aromatic nitrogens is 2. The first kappa shape index (κ1) is 12.7. The maximum Gasteiger partial charge on any atom is 0.147 e. The van der Waals surface area contributed by atoms with Crippen molar-refractivity contribution in [2.24, 2.45) is 0 Å². The van der Waals surface area contributed by atoms with E-state index >= 15 is 0 Å². The van der Waals surface area contributed by atoms with Gasteiger partial charge in [-0.25, -0.2) is 4.98 Å². The van der Waals surface area contributed by atoms with Crippen LogP contribution in [0.3, 0.4) is 0 Å². The lowest BCUT2D eigenvalue weighted by atomic mass is 10.1. The Kier molecular flexibility index (Phi) is 2.71. The Morgan fingerprint density at radius 2 is 2.05 bits per heavy atom. The summed E-state index contributed by atoms with van der Waals surface area (Å²) in [7, 11) is 0. The molecule has 0 aliphatic heterocycles. The van der Waals surface area contributed by atoms with Crippen LogP contribution in [0, 0.1) is 6.92 Å². The maximum atomic E-state index is 6.30. The second kappa shape index (κ2) is 4.48. The molecule has 3 heterocycles. The fraction of sp³-hybridized carbons (Fsp3) is 0.0625. The average Bonchev–Trinajstić information content (AvgIpc) is 3.01. The normalized spacial score (nSPS) is 11.5. The van der Waals surface area contributed by atoms with Gasteiger partial charge in [0.05, 0.1) is 4.34 Å². The first-order valence-electron chi connectivity index (χ1n) is 6.56. The molecule has 0 saturated carbocycles. The van der Waals surface area contributed by atoms with E-state index in [-0.39, 0.29) is 0 Å². The number of benzene rings is 1. The molecule has 0 aliphatic carbocycles. The van der Waals surface area contributed by atoms with E-state index in [9.17, 15) is 0 Å². The summed E-state index contributed by atoms with van der Waals surface area (Å²) in [4.78, 5) is 4.77. The van der Waals surface area contributed by atoms with Crippen LogP contribution in [0.15, 0.2) is 41.9 Å². The molecule has 0 atom stereocenters. The molecule has 3 aromatic heterocycles. The summed E-state index contributed by atoms with van der Waals surface area (Å²) in [5.41, 5.74) is 10.0. The molecule has 4 aromatic rings. The Bertz CT molecular complexity index is 984. The second-order valence-electron chi connectivity index (χ2n) is 4.99. The highest BCUT2D eigenvalue weighted by molar-refractivity contribution is 7.15. The smallest absolute Gasteiger partial charge is 0.147 e. The third kappa shape index (κ3) is 1.76. The molecule has 1 aromatic carbocycles. The molecule has 0 radical (unpaired) electrons. The van der Waals surface area contributed by atoms with Crippen molar-refractivity contribution in [3.05, 3.63) is 51.8 Å². The van der Waals surface area contributed by atoms with Gasteiger partial charge in [-0.15, -0.1) is 11.3 Å². The lowest BCUT2D eigenvalue weighted by molar-refractivity contribution is 1.21.